The van der Waals surface area contributed by atoms with E-state index in [4.69, 9.17) is 19.4 Å². The van der Waals surface area contributed by atoms with Gasteiger partial charge in [0.25, 0.3) is 5.56 Å². The van der Waals surface area contributed by atoms with Crippen molar-refractivity contribution in [1.82, 2.24) is 39.3 Å². The van der Waals surface area contributed by atoms with Gasteiger partial charge in [0.15, 0.2) is 5.65 Å². The molecule has 2 fully saturated rings. The first-order valence-corrected chi connectivity index (χ1v) is 23.2. The molecule has 7 heterocycles. The van der Waals surface area contributed by atoms with Gasteiger partial charge in [-0.25, -0.2) is 14.8 Å². The van der Waals surface area contributed by atoms with Gasteiger partial charge >= 0.3 is 6.09 Å². The number of cyclic esters (lactones) is 1. The highest BCUT2D eigenvalue weighted by Gasteiger charge is 2.32. The van der Waals surface area contributed by atoms with E-state index in [1.165, 1.54) is 0 Å². The van der Waals surface area contributed by atoms with Crippen LogP contribution in [0.2, 0.25) is 0 Å². The minimum absolute atomic E-state index is 0.0164. The predicted octanol–water partition coefficient (Wildman–Crippen LogP) is 5.57. The van der Waals surface area contributed by atoms with Crippen LogP contribution in [0.1, 0.15) is 97.3 Å². The Kier molecular flexibility index (Phi) is 14.9. The SMILES string of the molecule is C=C(CO)[C@@H]1CCCCN1c1cc(NCc2ccc(=O)n(C(C)(C)CCOC(C)(C)CCN3C(=O)OCc4cnc(NC(CN5CCNCC5)C(C)C)nc43)c2)n2ncc(CC)c2n1. The normalized spacial score (nSPS) is 18.0. The summed E-state index contributed by atoms with van der Waals surface area (Å²) in [6, 6.07) is 5.66. The van der Waals surface area contributed by atoms with Gasteiger partial charge in [-0.05, 0) is 83.3 Å². The Morgan fingerprint density at radius 3 is 2.62 bits per heavy atom. The van der Waals surface area contributed by atoms with Crippen LogP contribution in [0.4, 0.5) is 28.2 Å². The first kappa shape index (κ1) is 46.9. The van der Waals surface area contributed by atoms with E-state index in [-0.39, 0.29) is 30.9 Å². The Balaban J connectivity index is 0.978. The lowest BCUT2D eigenvalue weighted by Gasteiger charge is -2.37. The monoisotopic (exact) mass is 883 g/mol. The van der Waals surface area contributed by atoms with Crippen LogP contribution in [0.25, 0.3) is 5.65 Å². The maximum Gasteiger partial charge on any atom is 0.415 e. The maximum absolute atomic E-state index is 13.4. The molecule has 1 amide bonds. The van der Waals surface area contributed by atoms with Crippen LogP contribution in [0.15, 0.2) is 53.7 Å². The van der Waals surface area contributed by atoms with E-state index in [1.807, 2.05) is 56.7 Å². The quantitative estimate of drug-likeness (QED) is 0.0810. The summed E-state index contributed by atoms with van der Waals surface area (Å²) < 4.78 is 15.7. The average Bonchev–Trinajstić information content (AvgIpc) is 3.71. The molecule has 0 bridgehead atoms. The lowest BCUT2D eigenvalue weighted by atomic mass is 9.96. The average molecular weight is 883 g/mol. The largest absolute Gasteiger partial charge is 0.444 e. The molecule has 3 aliphatic rings. The number of nitrogens with zero attached hydrogens (tertiary/aromatic N) is 9. The Bertz CT molecular complexity index is 2300. The molecule has 7 rings (SSSR count). The summed E-state index contributed by atoms with van der Waals surface area (Å²) in [5.41, 5.74) is 3.08. The molecule has 4 aromatic rings. The number of aliphatic hydroxyl groups is 1. The summed E-state index contributed by atoms with van der Waals surface area (Å²) in [4.78, 5) is 47.4. The number of rotatable bonds is 20. The van der Waals surface area contributed by atoms with Crippen molar-refractivity contribution in [2.75, 3.05) is 79.5 Å². The highest BCUT2D eigenvalue weighted by molar-refractivity contribution is 5.89. The second-order valence-corrected chi connectivity index (χ2v) is 19.1. The summed E-state index contributed by atoms with van der Waals surface area (Å²) in [7, 11) is 0. The first-order valence-electron chi connectivity index (χ1n) is 23.2. The van der Waals surface area contributed by atoms with Crippen LogP contribution in [-0.2, 0) is 34.6 Å². The molecule has 2 atom stereocenters. The van der Waals surface area contributed by atoms with Crippen LogP contribution in [0.5, 0.6) is 0 Å². The number of carbonyl (C=O) groups is 1. The van der Waals surface area contributed by atoms with E-state index in [0.29, 0.717) is 50.2 Å². The third kappa shape index (κ3) is 11.0. The fourth-order valence-electron chi connectivity index (χ4n) is 8.77. The molecular weight excluding hydrogens is 813 g/mol. The van der Waals surface area contributed by atoms with E-state index in [9.17, 15) is 14.7 Å². The highest BCUT2D eigenvalue weighted by atomic mass is 16.6. The summed E-state index contributed by atoms with van der Waals surface area (Å²) in [6.07, 6.45) is 10.0. The van der Waals surface area contributed by atoms with E-state index in [2.05, 4.69) is 63.2 Å². The number of carbonyl (C=O) groups excluding carboxylic acids is 1. The third-order valence-corrected chi connectivity index (χ3v) is 13.1. The number of hydrogen-bond donors (Lipinski definition) is 4. The molecule has 4 N–H and O–H groups in total. The lowest BCUT2D eigenvalue weighted by molar-refractivity contribution is -0.0320. The fraction of sp³-hybridized carbons (Fsp3) is 0.617. The molecule has 348 valence electrons. The minimum atomic E-state index is -0.594. The van der Waals surface area contributed by atoms with E-state index in [1.54, 1.807) is 21.7 Å². The number of ether oxygens (including phenoxy) is 2. The zero-order chi connectivity index (χ0) is 45.6. The van der Waals surface area contributed by atoms with Crippen LogP contribution in [-0.4, -0.2) is 122 Å². The molecule has 3 aliphatic heterocycles. The van der Waals surface area contributed by atoms with Crippen molar-refractivity contribution in [1.29, 1.82) is 0 Å². The van der Waals surface area contributed by atoms with Crippen LogP contribution < -0.4 is 31.3 Å². The van der Waals surface area contributed by atoms with Gasteiger partial charge in [-0.15, -0.1) is 0 Å². The number of piperazine rings is 1. The van der Waals surface area contributed by atoms with Crippen molar-refractivity contribution < 1.29 is 19.4 Å². The standard InChI is InChI=1S/C47H70N12O5/c1-9-35-27-51-59-39(24-40(53-43(35)59)56-19-11-10-12-38(56)33(4)30-60)49-25-34-13-14-41(61)58(28-34)46(5,6)16-23-64-47(7,8)15-20-57-42-36(31-63-45(57)62)26-50-44(54-42)52-37(32(2)3)29-55-21-17-48-18-22-55/h13-14,24,26-28,32,37-38,48-49,60H,4,9-12,15-23,25,29-31H2,1-3,5-8H3,(H,50,52,54)/t37?,38-/m0/s1. The second kappa shape index (κ2) is 20.4. The van der Waals surface area contributed by atoms with Crippen molar-refractivity contribution in [3.8, 4) is 0 Å². The number of pyridine rings is 1. The van der Waals surface area contributed by atoms with Gasteiger partial charge in [-0.3, -0.25) is 14.6 Å². The van der Waals surface area contributed by atoms with Gasteiger partial charge in [0.05, 0.1) is 30.0 Å². The highest BCUT2D eigenvalue weighted by Crippen LogP contribution is 2.32. The van der Waals surface area contributed by atoms with Crippen LogP contribution >= 0.6 is 0 Å². The molecule has 17 heteroatoms. The summed E-state index contributed by atoms with van der Waals surface area (Å²) in [5, 5.41) is 25.2. The molecule has 0 aromatic carbocycles. The molecule has 0 spiro atoms. The predicted molar refractivity (Wildman–Crippen MR) is 251 cm³/mol. The topological polar surface area (TPSA) is 180 Å². The first-order chi connectivity index (χ1) is 30.7. The number of anilines is 4. The molecule has 0 radical (unpaired) electrons. The number of aliphatic hydroxyl groups excluding tert-OH is 1. The molecular formula is C47H70N12O5. The zero-order valence-corrected chi connectivity index (χ0v) is 39.0. The second-order valence-electron chi connectivity index (χ2n) is 19.1. The number of fused-ring (bicyclic) bond motifs is 2. The number of hydrogen-bond acceptors (Lipinski definition) is 14. The molecule has 64 heavy (non-hydrogen) atoms. The van der Waals surface area contributed by atoms with Gasteiger partial charge in [-0.1, -0.05) is 33.4 Å². The van der Waals surface area contributed by atoms with Gasteiger partial charge in [0.2, 0.25) is 5.95 Å². The van der Waals surface area contributed by atoms with Gasteiger partial charge in [-0.2, -0.15) is 14.6 Å². The van der Waals surface area contributed by atoms with Crippen molar-refractivity contribution >= 4 is 35.1 Å². The Hall–Kier alpha value is -5.10. The number of amides is 1. The van der Waals surface area contributed by atoms with Gasteiger partial charge in [0.1, 0.15) is 24.1 Å². The number of nitrogens with one attached hydrogen (secondary N) is 3. The number of aromatic nitrogens is 6. The van der Waals surface area contributed by atoms with E-state index in [0.717, 1.165) is 104 Å². The molecule has 2 saturated heterocycles. The van der Waals surface area contributed by atoms with Crippen LogP contribution in [0.3, 0.4) is 0 Å². The Morgan fingerprint density at radius 1 is 1.08 bits per heavy atom. The van der Waals surface area contributed by atoms with E-state index < -0.39 is 17.2 Å². The maximum atomic E-state index is 13.4. The van der Waals surface area contributed by atoms with E-state index >= 15 is 0 Å². The summed E-state index contributed by atoms with van der Waals surface area (Å²) in [6.45, 7) is 25.8. The van der Waals surface area contributed by atoms with Crippen LogP contribution in [0, 0.1) is 5.92 Å². The fourth-order valence-corrected chi connectivity index (χ4v) is 8.77. The minimum Gasteiger partial charge on any atom is -0.444 e. The molecule has 0 aliphatic carbocycles. The summed E-state index contributed by atoms with van der Waals surface area (Å²) >= 11 is 0. The zero-order valence-electron chi connectivity index (χ0n) is 39.0. The molecule has 17 nitrogen and oxygen atoms in total. The molecule has 1 unspecified atom stereocenters. The third-order valence-electron chi connectivity index (χ3n) is 13.1. The Morgan fingerprint density at radius 2 is 1.88 bits per heavy atom. The van der Waals surface area contributed by atoms with Crippen molar-refractivity contribution in [2.24, 2.45) is 5.92 Å². The number of piperidine rings is 1. The molecule has 4 aromatic heterocycles. The number of aryl methyl sites for hydroxylation is 1. The lowest BCUT2D eigenvalue weighted by Crippen LogP contribution is -2.49. The summed E-state index contributed by atoms with van der Waals surface area (Å²) in [5.74, 6) is 3.03. The Labute approximate surface area is 377 Å². The van der Waals surface area contributed by atoms with Crippen molar-refractivity contribution in [3.05, 3.63) is 76.0 Å². The van der Waals surface area contributed by atoms with Gasteiger partial charge in [0, 0.05) is 101 Å². The van der Waals surface area contributed by atoms with Gasteiger partial charge < -0.3 is 40.0 Å². The smallest absolute Gasteiger partial charge is 0.415 e. The van der Waals surface area contributed by atoms with Crippen molar-refractivity contribution in [3.63, 3.8) is 0 Å². The van der Waals surface area contributed by atoms with Crippen molar-refractivity contribution in [2.45, 2.75) is 123 Å². The molecule has 0 saturated carbocycles.